The van der Waals surface area contributed by atoms with Crippen LogP contribution in [0.1, 0.15) is 16.8 Å². The lowest BCUT2D eigenvalue weighted by molar-refractivity contribution is -0.138. The number of fused-ring (bicyclic) bond motifs is 1. The van der Waals surface area contributed by atoms with Crippen LogP contribution in [0.4, 0.5) is 0 Å². The fourth-order valence-corrected chi connectivity index (χ4v) is 2.94. The van der Waals surface area contributed by atoms with Crippen LogP contribution >= 0.6 is 11.6 Å². The maximum atomic E-state index is 11.2. The van der Waals surface area contributed by atoms with Gasteiger partial charge in [0.2, 0.25) is 6.79 Å². The number of aryl methyl sites for hydroxylation is 1. The van der Waals surface area contributed by atoms with Crippen molar-refractivity contribution in [1.29, 1.82) is 0 Å². The van der Waals surface area contributed by atoms with Gasteiger partial charge in [0.05, 0.1) is 11.6 Å². The van der Waals surface area contributed by atoms with E-state index in [1.807, 2.05) is 30.0 Å². The van der Waals surface area contributed by atoms with E-state index in [9.17, 15) is 9.90 Å². The van der Waals surface area contributed by atoms with Gasteiger partial charge in [-0.25, -0.2) is 0 Å². The van der Waals surface area contributed by atoms with E-state index < -0.39 is 5.97 Å². The minimum absolute atomic E-state index is 0.0829. The Balaban J connectivity index is 1.81. The average Bonchev–Trinajstić information content (AvgIpc) is 2.98. The number of halogens is 1. The lowest BCUT2D eigenvalue weighted by Crippen LogP contribution is -2.29. The van der Waals surface area contributed by atoms with Crippen molar-refractivity contribution in [2.75, 3.05) is 13.3 Å². The normalized spacial score (nSPS) is 12.6. The zero-order valence-electron chi connectivity index (χ0n) is 13.2. The van der Waals surface area contributed by atoms with Gasteiger partial charge < -0.3 is 14.6 Å². The molecule has 0 saturated carbocycles. The summed E-state index contributed by atoms with van der Waals surface area (Å²) in [4.78, 5) is 17.3. The molecule has 6 nitrogen and oxygen atoms in total. The summed E-state index contributed by atoms with van der Waals surface area (Å²) in [5, 5.41) is 9.66. The van der Waals surface area contributed by atoms with Crippen LogP contribution in [0.15, 0.2) is 30.5 Å². The molecule has 0 amide bonds. The Kier molecular flexibility index (Phi) is 4.87. The molecule has 0 bridgehead atoms. The van der Waals surface area contributed by atoms with Crippen LogP contribution in [-0.4, -0.2) is 34.3 Å². The molecule has 0 fully saturated rings. The second-order valence-corrected chi connectivity index (χ2v) is 6.01. The molecule has 1 aliphatic rings. The van der Waals surface area contributed by atoms with Gasteiger partial charge in [0.25, 0.3) is 0 Å². The molecule has 0 atom stereocenters. The molecule has 24 heavy (non-hydrogen) atoms. The zero-order chi connectivity index (χ0) is 17.1. The molecule has 0 radical (unpaired) electrons. The molecule has 1 aromatic heterocycles. The number of carboxylic acid groups (broad SMARTS) is 1. The van der Waals surface area contributed by atoms with Crippen LogP contribution in [0.2, 0.25) is 5.02 Å². The Morgan fingerprint density at radius 1 is 1.38 bits per heavy atom. The van der Waals surface area contributed by atoms with Gasteiger partial charge in [0.1, 0.15) is 0 Å². The predicted molar refractivity (Wildman–Crippen MR) is 88.3 cm³/mol. The van der Waals surface area contributed by atoms with Gasteiger partial charge in [-0.3, -0.25) is 14.7 Å². The SMILES string of the molecule is Cc1ncccc1CN(CC(=O)O)Cc1cc(Cl)c2c(c1)OCO2. The fraction of sp³-hybridized carbons (Fsp3) is 0.294. The molecular weight excluding hydrogens is 332 g/mol. The zero-order valence-corrected chi connectivity index (χ0v) is 13.9. The van der Waals surface area contributed by atoms with Crippen LogP contribution in [0.5, 0.6) is 11.5 Å². The summed E-state index contributed by atoms with van der Waals surface area (Å²) in [6.45, 7) is 2.88. The van der Waals surface area contributed by atoms with E-state index in [0.717, 1.165) is 16.8 Å². The molecule has 0 saturated heterocycles. The smallest absolute Gasteiger partial charge is 0.317 e. The number of carboxylic acids is 1. The lowest BCUT2D eigenvalue weighted by Gasteiger charge is -2.21. The molecule has 0 unspecified atom stereocenters. The van der Waals surface area contributed by atoms with Crippen molar-refractivity contribution >= 4 is 17.6 Å². The molecule has 1 aromatic carbocycles. The molecule has 2 heterocycles. The van der Waals surface area contributed by atoms with Crippen LogP contribution in [0, 0.1) is 6.92 Å². The van der Waals surface area contributed by atoms with Gasteiger partial charge >= 0.3 is 5.97 Å². The maximum absolute atomic E-state index is 11.2. The van der Waals surface area contributed by atoms with Gasteiger partial charge in [-0.05, 0) is 36.2 Å². The average molecular weight is 349 g/mol. The van der Waals surface area contributed by atoms with Crippen molar-refractivity contribution in [2.45, 2.75) is 20.0 Å². The number of hydrogen-bond acceptors (Lipinski definition) is 5. The summed E-state index contributed by atoms with van der Waals surface area (Å²) >= 11 is 6.20. The second kappa shape index (κ2) is 7.07. The summed E-state index contributed by atoms with van der Waals surface area (Å²) < 4.78 is 10.7. The van der Waals surface area contributed by atoms with E-state index in [4.69, 9.17) is 21.1 Å². The highest BCUT2D eigenvalue weighted by Crippen LogP contribution is 2.40. The first-order valence-electron chi connectivity index (χ1n) is 7.45. The van der Waals surface area contributed by atoms with Gasteiger partial charge in [0, 0.05) is 25.0 Å². The third-order valence-corrected chi connectivity index (χ3v) is 4.04. The van der Waals surface area contributed by atoms with E-state index in [0.29, 0.717) is 29.6 Å². The second-order valence-electron chi connectivity index (χ2n) is 5.60. The molecule has 1 aliphatic heterocycles. The Morgan fingerprint density at radius 3 is 2.96 bits per heavy atom. The minimum atomic E-state index is -0.886. The van der Waals surface area contributed by atoms with Crippen LogP contribution < -0.4 is 9.47 Å². The third kappa shape index (κ3) is 3.77. The monoisotopic (exact) mass is 348 g/mol. The topological polar surface area (TPSA) is 71.9 Å². The number of ether oxygens (including phenoxy) is 2. The maximum Gasteiger partial charge on any atom is 0.317 e. The Morgan fingerprint density at radius 2 is 2.21 bits per heavy atom. The number of aliphatic carboxylic acids is 1. The summed E-state index contributed by atoms with van der Waals surface area (Å²) in [5.74, 6) is 0.238. The first-order chi connectivity index (χ1) is 11.5. The van der Waals surface area contributed by atoms with Gasteiger partial charge in [-0.15, -0.1) is 0 Å². The van der Waals surface area contributed by atoms with Crippen molar-refractivity contribution in [2.24, 2.45) is 0 Å². The third-order valence-electron chi connectivity index (χ3n) is 3.76. The molecule has 3 rings (SSSR count). The molecule has 7 heteroatoms. The highest BCUT2D eigenvalue weighted by atomic mass is 35.5. The molecule has 1 N–H and O–H groups in total. The molecule has 0 aliphatic carbocycles. The molecular formula is C17H17ClN2O4. The number of hydrogen-bond donors (Lipinski definition) is 1. The highest BCUT2D eigenvalue weighted by molar-refractivity contribution is 6.32. The first kappa shape index (κ1) is 16.5. The van der Waals surface area contributed by atoms with Crippen LogP contribution in [0.3, 0.4) is 0 Å². The van der Waals surface area contributed by atoms with E-state index in [2.05, 4.69) is 4.98 Å². The molecule has 126 valence electrons. The standard InChI is InChI=1S/C17H17ClN2O4/c1-11-13(3-2-4-19-11)8-20(9-16(21)22)7-12-5-14(18)17-15(6-12)23-10-24-17/h2-6H,7-10H2,1H3,(H,21,22). The largest absolute Gasteiger partial charge is 0.480 e. The van der Waals surface area contributed by atoms with E-state index in [-0.39, 0.29) is 13.3 Å². The van der Waals surface area contributed by atoms with Crippen LogP contribution in [0.25, 0.3) is 0 Å². The van der Waals surface area contributed by atoms with Gasteiger partial charge in [0.15, 0.2) is 11.5 Å². The Hall–Kier alpha value is -2.31. The van der Waals surface area contributed by atoms with Crippen molar-refractivity contribution in [3.8, 4) is 11.5 Å². The van der Waals surface area contributed by atoms with Crippen molar-refractivity contribution in [3.63, 3.8) is 0 Å². The van der Waals surface area contributed by atoms with E-state index in [1.54, 1.807) is 12.3 Å². The van der Waals surface area contributed by atoms with Crippen molar-refractivity contribution in [3.05, 3.63) is 52.3 Å². The lowest BCUT2D eigenvalue weighted by atomic mass is 10.1. The highest BCUT2D eigenvalue weighted by Gasteiger charge is 2.20. The number of nitrogens with zero attached hydrogens (tertiary/aromatic N) is 2. The number of carbonyl (C=O) groups is 1. The summed E-state index contributed by atoms with van der Waals surface area (Å²) in [5.41, 5.74) is 2.74. The van der Waals surface area contributed by atoms with Crippen molar-refractivity contribution < 1.29 is 19.4 Å². The number of pyridine rings is 1. The number of aromatic nitrogens is 1. The number of rotatable bonds is 6. The predicted octanol–water partition coefficient (Wildman–Crippen LogP) is 2.86. The number of benzene rings is 1. The van der Waals surface area contributed by atoms with Crippen LogP contribution in [-0.2, 0) is 17.9 Å². The molecule has 2 aromatic rings. The molecule has 0 spiro atoms. The Labute approximate surface area is 144 Å². The first-order valence-corrected chi connectivity index (χ1v) is 7.83. The quantitative estimate of drug-likeness (QED) is 0.865. The summed E-state index contributed by atoms with van der Waals surface area (Å²) in [6.07, 6.45) is 1.72. The van der Waals surface area contributed by atoms with Crippen molar-refractivity contribution in [1.82, 2.24) is 9.88 Å². The minimum Gasteiger partial charge on any atom is -0.480 e. The summed E-state index contributed by atoms with van der Waals surface area (Å²) in [7, 11) is 0. The fourth-order valence-electron chi connectivity index (χ4n) is 2.65. The van der Waals surface area contributed by atoms with Gasteiger partial charge in [-0.2, -0.15) is 0 Å². The van der Waals surface area contributed by atoms with Gasteiger partial charge in [-0.1, -0.05) is 17.7 Å². The van der Waals surface area contributed by atoms with E-state index >= 15 is 0 Å². The summed E-state index contributed by atoms with van der Waals surface area (Å²) in [6, 6.07) is 7.40. The van der Waals surface area contributed by atoms with E-state index in [1.165, 1.54) is 0 Å². The Bertz CT molecular complexity index is 766.